The van der Waals surface area contributed by atoms with Gasteiger partial charge in [0.15, 0.2) is 5.82 Å². The summed E-state index contributed by atoms with van der Waals surface area (Å²) in [5.41, 5.74) is 16.4. The van der Waals surface area contributed by atoms with Gasteiger partial charge in [-0.15, -0.1) is 0 Å². The normalized spacial score (nSPS) is 13.3. The number of dihydropyridines is 1. The highest BCUT2D eigenvalue weighted by atomic mass is 14.9. The van der Waals surface area contributed by atoms with Crippen molar-refractivity contribution in [3.05, 3.63) is 218 Å². The first-order chi connectivity index (χ1) is 29.1. The van der Waals surface area contributed by atoms with Crippen molar-refractivity contribution in [1.29, 1.82) is 0 Å². The van der Waals surface area contributed by atoms with Gasteiger partial charge in [-0.3, -0.25) is 4.98 Å². The first-order valence-electron chi connectivity index (χ1n) is 19.9. The van der Waals surface area contributed by atoms with Crippen LogP contribution >= 0.6 is 0 Å². The van der Waals surface area contributed by atoms with Crippen LogP contribution in [0.25, 0.3) is 89.4 Å². The summed E-state index contributed by atoms with van der Waals surface area (Å²) < 4.78 is 0. The highest BCUT2D eigenvalue weighted by Crippen LogP contribution is 2.38. The van der Waals surface area contributed by atoms with Crippen LogP contribution in [0.1, 0.15) is 17.3 Å². The summed E-state index contributed by atoms with van der Waals surface area (Å²) in [6.45, 7) is 2.16. The molecule has 1 atom stereocenters. The molecular formula is C54H39N5. The Morgan fingerprint density at radius 2 is 1.03 bits per heavy atom. The van der Waals surface area contributed by atoms with E-state index in [0.29, 0.717) is 5.82 Å². The van der Waals surface area contributed by atoms with Crippen LogP contribution < -0.4 is 5.32 Å². The molecule has 0 fully saturated rings. The predicted molar refractivity (Wildman–Crippen MR) is 242 cm³/mol. The van der Waals surface area contributed by atoms with Gasteiger partial charge in [-0.05, 0) is 124 Å². The van der Waals surface area contributed by atoms with Crippen LogP contribution in [0.3, 0.4) is 0 Å². The molecule has 10 rings (SSSR count). The maximum absolute atomic E-state index is 5.39. The summed E-state index contributed by atoms with van der Waals surface area (Å²) in [7, 11) is 0. The lowest BCUT2D eigenvalue weighted by molar-refractivity contribution is 0.722. The van der Waals surface area contributed by atoms with Gasteiger partial charge in [-0.2, -0.15) is 0 Å². The molecule has 9 aromatic rings. The van der Waals surface area contributed by atoms with E-state index in [4.69, 9.17) is 15.0 Å². The number of rotatable bonds is 8. The smallest absolute Gasteiger partial charge is 0.160 e. The van der Waals surface area contributed by atoms with Gasteiger partial charge in [-0.1, -0.05) is 133 Å². The number of nitrogens with one attached hydrogen (secondary N) is 1. The van der Waals surface area contributed by atoms with Gasteiger partial charge < -0.3 is 5.32 Å². The van der Waals surface area contributed by atoms with Crippen molar-refractivity contribution in [2.24, 2.45) is 0 Å². The number of aryl methyl sites for hydroxylation is 1. The van der Waals surface area contributed by atoms with E-state index in [1.54, 1.807) is 0 Å². The molecular weight excluding hydrogens is 719 g/mol. The van der Waals surface area contributed by atoms with Crippen LogP contribution in [0.2, 0.25) is 0 Å². The Morgan fingerprint density at radius 3 is 1.69 bits per heavy atom. The zero-order valence-corrected chi connectivity index (χ0v) is 32.5. The maximum Gasteiger partial charge on any atom is 0.160 e. The average molecular weight is 758 g/mol. The highest BCUT2D eigenvalue weighted by molar-refractivity contribution is 5.98. The molecule has 0 saturated carbocycles. The molecule has 0 saturated heterocycles. The van der Waals surface area contributed by atoms with Gasteiger partial charge in [0.2, 0.25) is 0 Å². The Balaban J connectivity index is 1.15. The molecule has 5 nitrogen and oxygen atoms in total. The summed E-state index contributed by atoms with van der Waals surface area (Å²) in [6, 6.07) is 61.7. The minimum Gasteiger partial charge on any atom is -0.379 e. The Morgan fingerprint density at radius 1 is 0.441 bits per heavy atom. The Kier molecular flexibility index (Phi) is 9.45. The van der Waals surface area contributed by atoms with Crippen molar-refractivity contribution in [1.82, 2.24) is 25.3 Å². The summed E-state index contributed by atoms with van der Waals surface area (Å²) in [5.74, 6) is 0.678. The Labute approximate surface area is 344 Å². The Bertz CT molecular complexity index is 3010. The third-order valence-electron chi connectivity index (χ3n) is 10.9. The third kappa shape index (κ3) is 7.34. The molecule has 0 radical (unpaired) electrons. The van der Waals surface area contributed by atoms with Crippen molar-refractivity contribution in [2.75, 3.05) is 0 Å². The lowest BCUT2D eigenvalue weighted by atomic mass is 9.93. The second-order valence-corrected chi connectivity index (χ2v) is 14.8. The van der Waals surface area contributed by atoms with Gasteiger partial charge in [0.05, 0.1) is 34.3 Å². The fourth-order valence-corrected chi connectivity index (χ4v) is 7.95. The molecule has 0 aliphatic carbocycles. The molecule has 1 aliphatic rings. The topological polar surface area (TPSA) is 63.6 Å². The first kappa shape index (κ1) is 35.6. The van der Waals surface area contributed by atoms with Crippen LogP contribution in [-0.2, 0) is 0 Å². The molecule has 0 amide bonds. The molecule has 1 aliphatic heterocycles. The molecule has 280 valence electrons. The third-order valence-corrected chi connectivity index (χ3v) is 10.9. The van der Waals surface area contributed by atoms with Gasteiger partial charge in [0, 0.05) is 22.7 Å². The molecule has 0 bridgehead atoms. The van der Waals surface area contributed by atoms with E-state index >= 15 is 0 Å². The van der Waals surface area contributed by atoms with E-state index in [1.165, 1.54) is 0 Å². The van der Waals surface area contributed by atoms with Gasteiger partial charge in [0.25, 0.3) is 0 Å². The van der Waals surface area contributed by atoms with E-state index in [0.717, 1.165) is 94.9 Å². The summed E-state index contributed by atoms with van der Waals surface area (Å²) in [6.07, 6.45) is 9.95. The standard InChI is InChI=1S/C54H39N5/c1-36-28-42(37-16-5-2-6-17-37)35-51-52(36)53(39-20-9-4-10-21-39)59-54(58-51)46-31-43(38-18-7-3-8-19-38)30-44(32-46)40-22-15-23-41(29-40)45-33-49(47-24-11-13-26-55-47)57-50(34-45)48-25-12-14-27-56-48/h2-35,47,55H,1H3. The van der Waals surface area contributed by atoms with Crippen LogP contribution in [0.15, 0.2) is 207 Å². The molecule has 1 unspecified atom stereocenters. The van der Waals surface area contributed by atoms with E-state index in [-0.39, 0.29) is 6.04 Å². The number of allylic oxidation sites excluding steroid dienone is 2. The fraction of sp³-hybridized carbons (Fsp3) is 0.0370. The van der Waals surface area contributed by atoms with Gasteiger partial charge in [0.1, 0.15) is 0 Å². The fourth-order valence-electron chi connectivity index (χ4n) is 7.95. The number of benzene rings is 6. The lowest BCUT2D eigenvalue weighted by Gasteiger charge is -2.18. The predicted octanol–water partition coefficient (Wildman–Crippen LogP) is 13.1. The van der Waals surface area contributed by atoms with Crippen LogP contribution in [-0.4, -0.2) is 19.9 Å². The number of aromatic nitrogens is 4. The molecule has 3 aromatic heterocycles. The second-order valence-electron chi connectivity index (χ2n) is 14.8. The minimum absolute atomic E-state index is 0.0500. The van der Waals surface area contributed by atoms with Crippen LogP contribution in [0.4, 0.5) is 0 Å². The first-order valence-corrected chi connectivity index (χ1v) is 19.9. The maximum atomic E-state index is 5.39. The molecule has 59 heavy (non-hydrogen) atoms. The van der Waals surface area contributed by atoms with Crippen molar-refractivity contribution < 1.29 is 0 Å². The number of pyridine rings is 2. The summed E-state index contributed by atoms with van der Waals surface area (Å²) in [4.78, 5) is 20.5. The van der Waals surface area contributed by atoms with Crippen molar-refractivity contribution in [3.8, 4) is 78.5 Å². The monoisotopic (exact) mass is 757 g/mol. The summed E-state index contributed by atoms with van der Waals surface area (Å²) >= 11 is 0. The molecule has 0 spiro atoms. The number of hydrogen-bond donors (Lipinski definition) is 1. The largest absolute Gasteiger partial charge is 0.379 e. The number of hydrogen-bond acceptors (Lipinski definition) is 5. The zero-order valence-electron chi connectivity index (χ0n) is 32.5. The van der Waals surface area contributed by atoms with Crippen molar-refractivity contribution in [2.45, 2.75) is 13.0 Å². The van der Waals surface area contributed by atoms with E-state index < -0.39 is 0 Å². The second kappa shape index (κ2) is 15.6. The van der Waals surface area contributed by atoms with Crippen molar-refractivity contribution in [3.63, 3.8) is 0 Å². The summed E-state index contributed by atoms with van der Waals surface area (Å²) in [5, 5.41) is 4.51. The zero-order chi connectivity index (χ0) is 39.5. The highest BCUT2D eigenvalue weighted by Gasteiger charge is 2.18. The average Bonchev–Trinajstić information content (AvgIpc) is 3.32. The Hall–Kier alpha value is -7.76. The number of nitrogens with zero attached hydrogens (tertiary/aromatic N) is 4. The SMILES string of the molecule is Cc1cc(-c2ccccc2)cc2nc(-c3cc(-c4ccccc4)cc(-c4cccc(-c5cc(-c6ccccn6)nc(C6C=CC=CN6)c5)c4)c3)nc(-c3ccccc3)c12. The van der Waals surface area contributed by atoms with Gasteiger partial charge in [-0.25, -0.2) is 15.0 Å². The molecule has 6 aromatic carbocycles. The van der Waals surface area contributed by atoms with Crippen LogP contribution in [0.5, 0.6) is 0 Å². The lowest BCUT2D eigenvalue weighted by Crippen LogP contribution is -2.16. The van der Waals surface area contributed by atoms with Crippen molar-refractivity contribution >= 4 is 10.9 Å². The minimum atomic E-state index is -0.0500. The van der Waals surface area contributed by atoms with E-state index in [9.17, 15) is 0 Å². The molecule has 5 heteroatoms. The molecule has 4 heterocycles. The van der Waals surface area contributed by atoms with E-state index in [1.807, 2.05) is 42.7 Å². The number of fused-ring (bicyclic) bond motifs is 1. The van der Waals surface area contributed by atoms with E-state index in [2.05, 4.69) is 181 Å². The van der Waals surface area contributed by atoms with Gasteiger partial charge >= 0.3 is 0 Å². The molecule has 1 N–H and O–H groups in total. The van der Waals surface area contributed by atoms with Crippen LogP contribution in [0, 0.1) is 6.92 Å². The quantitative estimate of drug-likeness (QED) is 0.167.